The summed E-state index contributed by atoms with van der Waals surface area (Å²) in [6, 6.07) is 0. The van der Waals surface area contributed by atoms with Crippen molar-refractivity contribution in [3.05, 3.63) is 0 Å². The lowest BCUT2D eigenvalue weighted by molar-refractivity contribution is -0.137. The summed E-state index contributed by atoms with van der Waals surface area (Å²) >= 11 is 0.766. The van der Waals surface area contributed by atoms with Gasteiger partial charge in [0.2, 0.25) is 0 Å². The number of carboxylic acids is 1. The molecule has 6 heteroatoms. The molecule has 0 aliphatic heterocycles. The van der Waals surface area contributed by atoms with Gasteiger partial charge in [-0.15, -0.1) is 0 Å². The van der Waals surface area contributed by atoms with Gasteiger partial charge in [0.15, 0.2) is 5.62 Å². The maximum absolute atomic E-state index is 10.0. The number of aliphatic carboxylic acids is 1. The van der Waals surface area contributed by atoms with Gasteiger partial charge >= 0.3 is 5.97 Å². The van der Waals surface area contributed by atoms with Crippen LogP contribution < -0.4 is 5.43 Å². The van der Waals surface area contributed by atoms with E-state index in [4.69, 9.17) is 5.11 Å². The lowest BCUT2D eigenvalue weighted by Crippen LogP contribution is -2.33. The quantitative estimate of drug-likeness (QED) is 0.319. The van der Waals surface area contributed by atoms with Crippen LogP contribution in [0.5, 0.6) is 0 Å². The molecule has 0 aliphatic carbocycles. The summed E-state index contributed by atoms with van der Waals surface area (Å²) < 4.78 is 1.20. The highest BCUT2D eigenvalue weighted by molar-refractivity contribution is 8.09. The summed E-state index contributed by atoms with van der Waals surface area (Å²) in [6.07, 6.45) is 0. The third-order valence-corrected chi connectivity index (χ3v) is 1.35. The van der Waals surface area contributed by atoms with Gasteiger partial charge in [-0.1, -0.05) is 0 Å². The number of rotatable bonds is 5. The molecular formula is C4H8N2O3S. The van der Waals surface area contributed by atoms with Gasteiger partial charge in [0.05, 0.1) is 0 Å². The average molecular weight is 164 g/mol. The lowest BCUT2D eigenvalue weighted by Gasteiger charge is -2.12. The minimum absolute atomic E-state index is 0.208. The minimum Gasteiger partial charge on any atom is -0.480 e. The van der Waals surface area contributed by atoms with Crippen molar-refractivity contribution in [3.8, 4) is 0 Å². The third kappa shape index (κ3) is 4.30. The van der Waals surface area contributed by atoms with Gasteiger partial charge in [0, 0.05) is 11.9 Å². The zero-order valence-electron chi connectivity index (χ0n) is 5.40. The maximum atomic E-state index is 10.0. The lowest BCUT2D eigenvalue weighted by atomic mass is 10.7. The van der Waals surface area contributed by atoms with Crippen molar-refractivity contribution in [2.75, 3.05) is 13.6 Å². The fourth-order valence-corrected chi connectivity index (χ4v) is 0.738. The van der Waals surface area contributed by atoms with Crippen molar-refractivity contribution in [1.82, 2.24) is 9.84 Å². The van der Waals surface area contributed by atoms with Gasteiger partial charge in [-0.3, -0.25) is 9.59 Å². The zero-order valence-corrected chi connectivity index (χ0v) is 6.22. The van der Waals surface area contributed by atoms with Crippen LogP contribution in [0.25, 0.3) is 0 Å². The normalized spacial score (nSPS) is 9.80. The van der Waals surface area contributed by atoms with Crippen molar-refractivity contribution in [2.24, 2.45) is 0 Å². The molecule has 0 amide bonds. The molecule has 2 N–H and O–H groups in total. The van der Waals surface area contributed by atoms with Crippen molar-refractivity contribution in [2.45, 2.75) is 0 Å². The predicted molar refractivity (Wildman–Crippen MR) is 37.7 cm³/mol. The van der Waals surface area contributed by atoms with E-state index in [2.05, 4.69) is 5.43 Å². The molecule has 0 aliphatic rings. The fourth-order valence-electron chi connectivity index (χ4n) is 0.344. The molecule has 0 fully saturated rings. The highest BCUT2D eigenvalue weighted by Crippen LogP contribution is 1.98. The Bertz CT molecular complexity index is 130. The summed E-state index contributed by atoms with van der Waals surface area (Å²) in [7, 11) is 1.54. The van der Waals surface area contributed by atoms with E-state index in [1.807, 2.05) is 0 Å². The highest BCUT2D eigenvalue weighted by Gasteiger charge is 2.05. The average Bonchev–Trinajstić information content (AvgIpc) is 1.86. The molecule has 0 spiro atoms. The van der Waals surface area contributed by atoms with Crippen LogP contribution in [0.4, 0.5) is 0 Å². The minimum atomic E-state index is -0.983. The van der Waals surface area contributed by atoms with Crippen LogP contribution in [0.2, 0.25) is 0 Å². The van der Waals surface area contributed by atoms with Crippen molar-refractivity contribution < 1.29 is 14.7 Å². The summed E-state index contributed by atoms with van der Waals surface area (Å²) in [5.74, 6) is -0.983. The summed E-state index contributed by atoms with van der Waals surface area (Å²) in [5.41, 5.74) is 3.07. The molecule has 58 valence electrons. The number of hydrazine groups is 1. The van der Waals surface area contributed by atoms with Crippen LogP contribution in [0.1, 0.15) is 0 Å². The number of hydrogen-bond acceptors (Lipinski definition) is 5. The Morgan fingerprint density at radius 2 is 2.50 bits per heavy atom. The number of hydrogen-bond donors (Lipinski definition) is 2. The van der Waals surface area contributed by atoms with Gasteiger partial charge < -0.3 is 5.11 Å². The van der Waals surface area contributed by atoms with E-state index in [9.17, 15) is 9.59 Å². The van der Waals surface area contributed by atoms with Crippen molar-refractivity contribution in [3.63, 3.8) is 0 Å². The van der Waals surface area contributed by atoms with Gasteiger partial charge in [0.25, 0.3) is 0 Å². The van der Waals surface area contributed by atoms with Crippen LogP contribution in [0, 0.1) is 0 Å². The second-order valence-electron chi connectivity index (χ2n) is 1.36. The molecule has 0 unspecified atom stereocenters. The summed E-state index contributed by atoms with van der Waals surface area (Å²) in [6.45, 7) is -0.208. The second-order valence-corrected chi connectivity index (χ2v) is 2.20. The number of carbonyl (C=O) groups excluding carboxylic acids is 1. The van der Waals surface area contributed by atoms with E-state index in [1.165, 1.54) is 4.41 Å². The van der Waals surface area contributed by atoms with Gasteiger partial charge in [-0.05, 0) is 7.05 Å². The van der Waals surface area contributed by atoms with Gasteiger partial charge in [0.1, 0.15) is 6.54 Å². The zero-order chi connectivity index (χ0) is 7.98. The van der Waals surface area contributed by atoms with E-state index < -0.39 is 5.97 Å². The van der Waals surface area contributed by atoms with Crippen LogP contribution in [-0.2, 0) is 9.59 Å². The van der Waals surface area contributed by atoms with E-state index in [0.29, 0.717) is 5.62 Å². The molecular weight excluding hydrogens is 156 g/mol. The first-order chi connectivity index (χ1) is 4.70. The van der Waals surface area contributed by atoms with Crippen molar-refractivity contribution in [1.29, 1.82) is 0 Å². The predicted octanol–water partition coefficient (Wildman–Crippen LogP) is -0.654. The molecule has 0 aromatic carbocycles. The summed E-state index contributed by atoms with van der Waals surface area (Å²) in [4.78, 5) is 19.9. The number of carbonyl (C=O) groups is 2. The highest BCUT2D eigenvalue weighted by atomic mass is 32.2. The number of nitrogens with zero attached hydrogens (tertiary/aromatic N) is 1. The monoisotopic (exact) mass is 164 g/mol. The van der Waals surface area contributed by atoms with Crippen LogP contribution in [0.15, 0.2) is 0 Å². The molecule has 10 heavy (non-hydrogen) atoms. The molecule has 0 atom stereocenters. The summed E-state index contributed by atoms with van der Waals surface area (Å²) in [5, 5.41) is 8.23. The first-order valence-corrected chi connectivity index (χ1v) is 3.31. The Hall–Kier alpha value is -0.590. The van der Waals surface area contributed by atoms with Crippen LogP contribution in [-0.4, -0.2) is 34.7 Å². The standard InChI is InChI=1S/C4H8N2O3S/c1-5-6(10-3-7)2-4(8)9/h3,5H,2H2,1H3,(H,8,9). The Labute approximate surface area is 62.5 Å². The Kier molecular flexibility index (Phi) is 4.91. The first kappa shape index (κ1) is 9.41. The van der Waals surface area contributed by atoms with Crippen molar-refractivity contribution >= 4 is 23.5 Å². The van der Waals surface area contributed by atoms with E-state index >= 15 is 0 Å². The molecule has 0 bridgehead atoms. The second kappa shape index (κ2) is 5.21. The molecule has 0 aromatic rings. The topological polar surface area (TPSA) is 69.6 Å². The van der Waals surface area contributed by atoms with E-state index in [0.717, 1.165) is 11.9 Å². The Morgan fingerprint density at radius 3 is 2.80 bits per heavy atom. The molecule has 5 nitrogen and oxygen atoms in total. The smallest absolute Gasteiger partial charge is 0.320 e. The van der Waals surface area contributed by atoms with E-state index in [-0.39, 0.29) is 6.54 Å². The molecule has 0 radical (unpaired) electrons. The SMILES string of the molecule is CNN(CC(=O)O)SC=O. The maximum Gasteiger partial charge on any atom is 0.320 e. The third-order valence-electron chi connectivity index (χ3n) is 0.699. The molecule has 0 rings (SSSR count). The molecule has 0 aromatic heterocycles. The van der Waals surface area contributed by atoms with Gasteiger partial charge in [-0.25, -0.2) is 5.43 Å². The number of nitrogens with one attached hydrogen (secondary N) is 1. The Balaban J connectivity index is 3.59. The van der Waals surface area contributed by atoms with Crippen LogP contribution in [0.3, 0.4) is 0 Å². The molecule has 0 heterocycles. The van der Waals surface area contributed by atoms with Gasteiger partial charge in [-0.2, -0.15) is 4.41 Å². The largest absolute Gasteiger partial charge is 0.480 e. The van der Waals surface area contributed by atoms with E-state index in [1.54, 1.807) is 7.05 Å². The number of carboxylic acid groups (broad SMARTS) is 1. The molecule has 0 saturated carbocycles. The fraction of sp³-hybridized carbons (Fsp3) is 0.500. The molecule has 0 saturated heterocycles. The Morgan fingerprint density at radius 1 is 1.90 bits per heavy atom. The first-order valence-electron chi connectivity index (χ1n) is 2.48. The van der Waals surface area contributed by atoms with Crippen LogP contribution >= 0.6 is 11.9 Å².